The minimum atomic E-state index is -2.52. The second-order valence-corrected chi connectivity index (χ2v) is 6.27. The van der Waals surface area contributed by atoms with Crippen LogP contribution in [0.15, 0.2) is 17.0 Å². The van der Waals surface area contributed by atoms with Crippen LogP contribution in [0.3, 0.4) is 0 Å². The third-order valence-corrected chi connectivity index (χ3v) is 4.62. The fraction of sp³-hybridized carbons (Fsp3) is 0.538. The predicted octanol–water partition coefficient (Wildman–Crippen LogP) is 3.62. The average Bonchev–Trinajstić information content (AvgIpc) is 2.61. The van der Waals surface area contributed by atoms with Crippen molar-refractivity contribution >= 4 is 11.9 Å². The molecule has 0 aromatic heterocycles. The molecule has 5 heteroatoms. The van der Waals surface area contributed by atoms with E-state index in [1.165, 1.54) is 10.5 Å². The zero-order valence-electron chi connectivity index (χ0n) is 10.4. The zero-order chi connectivity index (χ0) is 12.9. The summed E-state index contributed by atoms with van der Waals surface area (Å²) in [6, 6.07) is 3.94. The molecule has 1 fully saturated rings. The van der Waals surface area contributed by atoms with Crippen LogP contribution < -0.4 is 4.74 Å². The Morgan fingerprint density at radius 1 is 1.39 bits per heavy atom. The van der Waals surface area contributed by atoms with Crippen molar-refractivity contribution in [1.82, 2.24) is 4.31 Å². The van der Waals surface area contributed by atoms with Gasteiger partial charge in [-0.05, 0) is 37.5 Å². The predicted molar refractivity (Wildman–Crippen MR) is 67.1 cm³/mol. The van der Waals surface area contributed by atoms with E-state index in [9.17, 15) is 8.78 Å². The van der Waals surface area contributed by atoms with Crippen molar-refractivity contribution in [2.24, 2.45) is 0 Å². The molecule has 0 unspecified atom stereocenters. The molecule has 1 heterocycles. The molecule has 0 atom stereocenters. The highest BCUT2D eigenvalue weighted by Gasteiger charge is 2.47. The fourth-order valence-electron chi connectivity index (χ4n) is 2.41. The third kappa shape index (κ3) is 2.10. The lowest BCUT2D eigenvalue weighted by molar-refractivity contribution is -0.134. The van der Waals surface area contributed by atoms with Gasteiger partial charge in [0.2, 0.25) is 0 Å². The Labute approximate surface area is 109 Å². The van der Waals surface area contributed by atoms with Crippen molar-refractivity contribution in [2.75, 3.05) is 7.05 Å². The van der Waals surface area contributed by atoms with Crippen molar-refractivity contribution in [2.45, 2.75) is 43.2 Å². The first-order valence-corrected chi connectivity index (χ1v) is 6.78. The first-order chi connectivity index (χ1) is 8.44. The first kappa shape index (κ1) is 12.2. The third-order valence-electron chi connectivity index (χ3n) is 3.42. The van der Waals surface area contributed by atoms with Crippen molar-refractivity contribution in [3.05, 3.63) is 23.3 Å². The first-order valence-electron chi connectivity index (χ1n) is 6.01. The molecule has 1 aliphatic carbocycles. The second-order valence-electron chi connectivity index (χ2n) is 5.06. The fourth-order valence-corrected chi connectivity index (χ4v) is 3.41. The van der Waals surface area contributed by atoms with E-state index in [1.54, 1.807) is 11.9 Å². The Balaban J connectivity index is 1.77. The zero-order valence-corrected chi connectivity index (χ0v) is 11.2. The van der Waals surface area contributed by atoms with Crippen LogP contribution in [-0.4, -0.2) is 23.4 Å². The number of fused-ring (bicyclic) bond motifs is 1. The van der Waals surface area contributed by atoms with Crippen molar-refractivity contribution in [3.8, 4) is 5.75 Å². The van der Waals surface area contributed by atoms with Crippen LogP contribution in [0.4, 0.5) is 8.78 Å². The number of alkyl halides is 2. The quantitative estimate of drug-likeness (QED) is 0.762. The molecule has 98 valence electrons. The number of ether oxygens (including phenoxy) is 1. The van der Waals surface area contributed by atoms with Crippen LogP contribution >= 0.6 is 11.9 Å². The molecule has 0 amide bonds. The highest BCUT2D eigenvalue weighted by Crippen LogP contribution is 2.43. The summed E-state index contributed by atoms with van der Waals surface area (Å²) in [5.74, 6) is -1.78. The number of nitrogens with zero attached hydrogens (tertiary/aromatic N) is 1. The minimum absolute atomic E-state index is 0.156. The molecule has 18 heavy (non-hydrogen) atoms. The van der Waals surface area contributed by atoms with E-state index in [1.807, 2.05) is 26.1 Å². The Hall–Kier alpha value is -0.810. The van der Waals surface area contributed by atoms with Crippen LogP contribution in [0.5, 0.6) is 5.75 Å². The lowest BCUT2D eigenvalue weighted by atomic mass is 9.91. The van der Waals surface area contributed by atoms with Gasteiger partial charge in [-0.3, -0.25) is 0 Å². The summed E-state index contributed by atoms with van der Waals surface area (Å²) in [7, 11) is 2.04. The van der Waals surface area contributed by atoms with Crippen molar-refractivity contribution in [3.63, 3.8) is 0 Å². The smallest absolute Gasteiger partial charge is 0.255 e. The van der Waals surface area contributed by atoms with Gasteiger partial charge < -0.3 is 4.74 Å². The molecule has 1 aliphatic heterocycles. The number of rotatable bonds is 2. The molecular weight excluding hydrogens is 256 g/mol. The summed E-state index contributed by atoms with van der Waals surface area (Å²) in [6.07, 6.45) is -0.645. The summed E-state index contributed by atoms with van der Waals surface area (Å²) in [6.45, 7) is 2.92. The van der Waals surface area contributed by atoms with E-state index in [4.69, 9.17) is 4.74 Å². The molecule has 0 spiro atoms. The lowest BCUT2D eigenvalue weighted by Crippen LogP contribution is -2.43. The normalized spacial score (nSPS) is 22.7. The minimum Gasteiger partial charge on any atom is -0.490 e. The van der Waals surface area contributed by atoms with Gasteiger partial charge in [-0.25, -0.2) is 13.1 Å². The average molecular weight is 271 g/mol. The van der Waals surface area contributed by atoms with Crippen molar-refractivity contribution < 1.29 is 13.5 Å². The largest absolute Gasteiger partial charge is 0.490 e. The van der Waals surface area contributed by atoms with Gasteiger partial charge in [-0.2, -0.15) is 0 Å². The van der Waals surface area contributed by atoms with E-state index < -0.39 is 5.92 Å². The van der Waals surface area contributed by atoms with E-state index in [2.05, 4.69) is 4.31 Å². The molecule has 1 saturated carbocycles. The summed E-state index contributed by atoms with van der Waals surface area (Å²) in [5, 5.41) is 0. The maximum atomic E-state index is 12.8. The topological polar surface area (TPSA) is 12.5 Å². The van der Waals surface area contributed by atoms with Crippen LogP contribution in [0, 0.1) is 6.92 Å². The monoisotopic (exact) mass is 271 g/mol. The highest BCUT2D eigenvalue weighted by molar-refractivity contribution is 7.97. The Kier molecular flexibility index (Phi) is 2.79. The van der Waals surface area contributed by atoms with E-state index in [-0.39, 0.29) is 18.9 Å². The van der Waals surface area contributed by atoms with E-state index in [0.717, 1.165) is 17.9 Å². The second kappa shape index (κ2) is 4.10. The number of hydrogen-bond donors (Lipinski definition) is 0. The summed E-state index contributed by atoms with van der Waals surface area (Å²) in [4.78, 5) is 1.21. The summed E-state index contributed by atoms with van der Waals surface area (Å²) in [5.41, 5.74) is 2.35. The van der Waals surface area contributed by atoms with Gasteiger partial charge in [-0.1, -0.05) is 6.07 Å². The molecule has 1 aromatic rings. The molecule has 2 nitrogen and oxygen atoms in total. The van der Waals surface area contributed by atoms with Crippen molar-refractivity contribution in [1.29, 1.82) is 0 Å². The Bertz CT molecular complexity index is 484. The molecule has 0 N–H and O–H groups in total. The van der Waals surface area contributed by atoms with Gasteiger partial charge in [-0.15, -0.1) is 0 Å². The number of benzene rings is 1. The maximum absolute atomic E-state index is 12.8. The van der Waals surface area contributed by atoms with Gasteiger partial charge in [0, 0.05) is 29.8 Å². The Morgan fingerprint density at radius 2 is 2.11 bits per heavy atom. The Morgan fingerprint density at radius 3 is 2.78 bits per heavy atom. The van der Waals surface area contributed by atoms with Gasteiger partial charge in [0.25, 0.3) is 5.92 Å². The highest BCUT2D eigenvalue weighted by atomic mass is 32.2. The van der Waals surface area contributed by atoms with Gasteiger partial charge in [0.05, 0.1) is 0 Å². The van der Waals surface area contributed by atoms with Crippen LogP contribution in [0.2, 0.25) is 0 Å². The standard InChI is InChI=1S/C13H15F2NOS/c1-8-11(17-10-5-13(14,15)6-10)4-3-9-7-16(2)18-12(8)9/h3-4,10H,5-7H2,1-2H3. The van der Waals surface area contributed by atoms with Crippen LogP contribution in [0.25, 0.3) is 0 Å². The van der Waals surface area contributed by atoms with Gasteiger partial charge >= 0.3 is 0 Å². The molecule has 0 saturated heterocycles. The molecular formula is C13H15F2NOS. The summed E-state index contributed by atoms with van der Waals surface area (Å²) < 4.78 is 33.4. The molecule has 0 radical (unpaired) electrons. The molecule has 0 bridgehead atoms. The number of halogens is 2. The summed E-state index contributed by atoms with van der Waals surface area (Å²) >= 11 is 1.69. The molecule has 2 aliphatic rings. The molecule has 1 aromatic carbocycles. The SMILES string of the molecule is Cc1c(OC2CC(F)(F)C2)ccc2c1SN(C)C2. The van der Waals surface area contributed by atoms with Gasteiger partial charge in [0.15, 0.2) is 0 Å². The maximum Gasteiger partial charge on any atom is 0.255 e. The lowest BCUT2D eigenvalue weighted by Gasteiger charge is -2.35. The van der Waals surface area contributed by atoms with Gasteiger partial charge in [0.1, 0.15) is 11.9 Å². The number of hydrogen-bond acceptors (Lipinski definition) is 3. The van der Waals surface area contributed by atoms with Crippen LogP contribution in [-0.2, 0) is 6.54 Å². The molecule has 3 rings (SSSR count). The van der Waals surface area contributed by atoms with Crippen LogP contribution in [0.1, 0.15) is 24.0 Å². The van der Waals surface area contributed by atoms with E-state index in [0.29, 0.717) is 0 Å². The van der Waals surface area contributed by atoms with E-state index >= 15 is 0 Å².